The van der Waals surface area contributed by atoms with Crippen LogP contribution in [0.5, 0.6) is 0 Å². The molecule has 148 valence electrons. The third kappa shape index (κ3) is 4.19. The number of anilines is 2. The Balaban J connectivity index is 2.00. The summed E-state index contributed by atoms with van der Waals surface area (Å²) in [6.07, 6.45) is -2.82. The van der Waals surface area contributed by atoms with Crippen LogP contribution in [0.1, 0.15) is 28.8 Å². The van der Waals surface area contributed by atoms with Gasteiger partial charge in [-0.25, -0.2) is 0 Å². The van der Waals surface area contributed by atoms with E-state index in [4.69, 9.17) is 11.6 Å². The molecule has 6 nitrogen and oxygen atoms in total. The summed E-state index contributed by atoms with van der Waals surface area (Å²) < 4.78 is 39.4. The van der Waals surface area contributed by atoms with Gasteiger partial charge < -0.3 is 10.2 Å². The van der Waals surface area contributed by atoms with Crippen LogP contribution in [0.2, 0.25) is 5.02 Å². The highest BCUT2D eigenvalue weighted by atomic mass is 35.5. The highest BCUT2D eigenvalue weighted by Gasteiger charge is 2.32. The maximum atomic E-state index is 13.1. The molecule has 0 radical (unpaired) electrons. The molecule has 10 heteroatoms. The van der Waals surface area contributed by atoms with Gasteiger partial charge in [-0.3, -0.25) is 14.9 Å². The zero-order valence-electron chi connectivity index (χ0n) is 14.4. The van der Waals surface area contributed by atoms with Gasteiger partial charge in [-0.2, -0.15) is 13.2 Å². The van der Waals surface area contributed by atoms with E-state index < -0.39 is 28.3 Å². The number of nitrogens with one attached hydrogen (secondary N) is 1. The molecule has 0 aromatic heterocycles. The summed E-state index contributed by atoms with van der Waals surface area (Å²) in [7, 11) is 0. The average Bonchev–Trinajstić information content (AvgIpc) is 3.15. The van der Waals surface area contributed by atoms with E-state index in [2.05, 4.69) is 5.32 Å². The van der Waals surface area contributed by atoms with Gasteiger partial charge in [0.2, 0.25) is 0 Å². The van der Waals surface area contributed by atoms with Gasteiger partial charge in [0.1, 0.15) is 5.56 Å². The number of amides is 1. The van der Waals surface area contributed by atoms with Crippen molar-refractivity contribution >= 4 is 34.6 Å². The van der Waals surface area contributed by atoms with Gasteiger partial charge in [-0.1, -0.05) is 11.6 Å². The van der Waals surface area contributed by atoms with Crippen LogP contribution in [0.4, 0.5) is 30.2 Å². The lowest BCUT2D eigenvalue weighted by molar-refractivity contribution is -0.385. The highest BCUT2D eigenvalue weighted by Crippen LogP contribution is 2.37. The van der Waals surface area contributed by atoms with Crippen molar-refractivity contribution in [2.75, 3.05) is 23.3 Å². The molecule has 0 atom stereocenters. The smallest absolute Gasteiger partial charge is 0.370 e. The van der Waals surface area contributed by atoms with Crippen LogP contribution in [-0.2, 0) is 6.18 Å². The van der Waals surface area contributed by atoms with Gasteiger partial charge in [-0.15, -0.1) is 0 Å². The standard InChI is InChI=1S/C18H15ClF3N3O3/c19-12-4-5-13(16(10-12)25(27)28)17(26)23-14-9-11(18(20,21)22)3-6-15(14)24-7-1-2-8-24/h3-6,9-10H,1-2,7-8H2,(H,23,26). The Kier molecular flexibility index (Phi) is 5.46. The normalized spacial score (nSPS) is 14.2. The molecule has 0 unspecified atom stereocenters. The lowest BCUT2D eigenvalue weighted by atomic mass is 10.1. The maximum Gasteiger partial charge on any atom is 0.416 e. The van der Waals surface area contributed by atoms with Gasteiger partial charge in [0.25, 0.3) is 11.6 Å². The highest BCUT2D eigenvalue weighted by molar-refractivity contribution is 6.31. The summed E-state index contributed by atoms with van der Waals surface area (Å²) in [4.78, 5) is 24.9. The number of carbonyl (C=O) groups excluding carboxylic acids is 1. The van der Waals surface area contributed by atoms with E-state index in [0.29, 0.717) is 18.8 Å². The van der Waals surface area contributed by atoms with Crippen molar-refractivity contribution in [2.45, 2.75) is 19.0 Å². The number of hydrogen-bond acceptors (Lipinski definition) is 4. The lowest BCUT2D eigenvalue weighted by Gasteiger charge is -2.23. The molecule has 1 saturated heterocycles. The van der Waals surface area contributed by atoms with E-state index in [1.807, 2.05) is 4.90 Å². The summed E-state index contributed by atoms with van der Waals surface area (Å²) in [5.74, 6) is -0.886. The zero-order chi connectivity index (χ0) is 20.5. The van der Waals surface area contributed by atoms with E-state index in [1.165, 1.54) is 18.2 Å². The van der Waals surface area contributed by atoms with Crippen LogP contribution in [0, 0.1) is 10.1 Å². The summed E-state index contributed by atoms with van der Waals surface area (Å²) in [5, 5.41) is 13.7. The molecule has 28 heavy (non-hydrogen) atoms. The Morgan fingerprint density at radius 2 is 1.82 bits per heavy atom. The van der Waals surface area contributed by atoms with Crippen LogP contribution in [-0.4, -0.2) is 23.9 Å². The van der Waals surface area contributed by atoms with Crippen molar-refractivity contribution in [3.63, 3.8) is 0 Å². The number of alkyl halides is 3. The summed E-state index contributed by atoms with van der Waals surface area (Å²) >= 11 is 5.74. The fourth-order valence-electron chi connectivity index (χ4n) is 3.08. The molecule has 2 aromatic rings. The van der Waals surface area contributed by atoms with Gasteiger partial charge in [0.05, 0.1) is 21.9 Å². The van der Waals surface area contributed by atoms with Crippen molar-refractivity contribution in [1.29, 1.82) is 0 Å². The fraction of sp³-hybridized carbons (Fsp3) is 0.278. The summed E-state index contributed by atoms with van der Waals surface area (Å²) in [5.41, 5.74) is -1.35. The second kappa shape index (κ2) is 7.67. The number of nitro benzene ring substituents is 1. The van der Waals surface area contributed by atoms with E-state index in [0.717, 1.165) is 31.0 Å². The van der Waals surface area contributed by atoms with Gasteiger partial charge in [0, 0.05) is 24.2 Å². The van der Waals surface area contributed by atoms with Gasteiger partial charge in [0.15, 0.2) is 0 Å². The SMILES string of the molecule is O=C(Nc1cc(C(F)(F)F)ccc1N1CCCC1)c1ccc(Cl)cc1[N+](=O)[O-]. The minimum absolute atomic E-state index is 0.0500. The number of nitrogens with zero attached hydrogens (tertiary/aromatic N) is 2. The molecule has 0 aliphatic carbocycles. The second-order valence-corrected chi connectivity index (χ2v) is 6.73. The number of hydrogen-bond donors (Lipinski definition) is 1. The number of carbonyl (C=O) groups is 1. The first kappa shape index (κ1) is 19.9. The van der Waals surface area contributed by atoms with Crippen LogP contribution >= 0.6 is 11.6 Å². The van der Waals surface area contributed by atoms with E-state index in [1.54, 1.807) is 0 Å². The molecule has 1 aliphatic rings. The molecule has 1 N–H and O–H groups in total. The van der Waals surface area contributed by atoms with Crippen molar-refractivity contribution in [3.05, 3.63) is 62.7 Å². The Bertz CT molecular complexity index is 928. The molecule has 1 fully saturated rings. The number of benzene rings is 2. The summed E-state index contributed by atoms with van der Waals surface area (Å²) in [6, 6.07) is 6.58. The number of rotatable bonds is 4. The number of nitro groups is 1. The Hall–Kier alpha value is -2.81. The van der Waals surface area contributed by atoms with Gasteiger partial charge in [-0.05, 0) is 43.2 Å². The van der Waals surface area contributed by atoms with E-state index >= 15 is 0 Å². The largest absolute Gasteiger partial charge is 0.416 e. The molecule has 0 saturated carbocycles. The molecule has 1 heterocycles. The van der Waals surface area contributed by atoms with Crippen molar-refractivity contribution in [3.8, 4) is 0 Å². The minimum atomic E-state index is -4.59. The quantitative estimate of drug-likeness (QED) is 0.557. The molecular weight excluding hydrogens is 399 g/mol. The molecular formula is C18H15ClF3N3O3. The summed E-state index contributed by atoms with van der Waals surface area (Å²) in [6.45, 7) is 1.30. The first-order chi connectivity index (χ1) is 13.2. The molecule has 1 amide bonds. The number of halogens is 4. The van der Waals surface area contributed by atoms with Crippen molar-refractivity contribution in [2.24, 2.45) is 0 Å². The molecule has 0 spiro atoms. The first-order valence-corrected chi connectivity index (χ1v) is 8.76. The van der Waals surface area contributed by atoms with Crippen LogP contribution < -0.4 is 10.2 Å². The molecule has 1 aliphatic heterocycles. The third-order valence-corrected chi connectivity index (χ3v) is 4.66. The Morgan fingerprint density at radius 3 is 2.43 bits per heavy atom. The van der Waals surface area contributed by atoms with E-state index in [-0.39, 0.29) is 16.3 Å². The molecule has 0 bridgehead atoms. The first-order valence-electron chi connectivity index (χ1n) is 8.38. The van der Waals surface area contributed by atoms with Crippen LogP contribution in [0.15, 0.2) is 36.4 Å². The lowest BCUT2D eigenvalue weighted by Crippen LogP contribution is -2.22. The minimum Gasteiger partial charge on any atom is -0.370 e. The monoisotopic (exact) mass is 413 g/mol. The van der Waals surface area contributed by atoms with E-state index in [9.17, 15) is 28.1 Å². The fourth-order valence-corrected chi connectivity index (χ4v) is 3.25. The maximum absolute atomic E-state index is 13.1. The zero-order valence-corrected chi connectivity index (χ0v) is 15.2. The van der Waals surface area contributed by atoms with Crippen LogP contribution in [0.25, 0.3) is 0 Å². The van der Waals surface area contributed by atoms with Gasteiger partial charge >= 0.3 is 6.18 Å². The Morgan fingerprint density at radius 1 is 1.14 bits per heavy atom. The topological polar surface area (TPSA) is 75.5 Å². The predicted molar refractivity (Wildman–Crippen MR) is 99.0 cm³/mol. The Labute approximate surface area is 163 Å². The average molecular weight is 414 g/mol. The molecule has 2 aromatic carbocycles. The van der Waals surface area contributed by atoms with Crippen LogP contribution in [0.3, 0.4) is 0 Å². The second-order valence-electron chi connectivity index (χ2n) is 6.30. The van der Waals surface area contributed by atoms with Crippen molar-refractivity contribution in [1.82, 2.24) is 0 Å². The third-order valence-electron chi connectivity index (χ3n) is 4.42. The molecule has 3 rings (SSSR count). The van der Waals surface area contributed by atoms with Crippen molar-refractivity contribution < 1.29 is 22.9 Å². The predicted octanol–water partition coefficient (Wildman–Crippen LogP) is 5.12.